The highest BCUT2D eigenvalue weighted by molar-refractivity contribution is 6.06. The van der Waals surface area contributed by atoms with Crippen molar-refractivity contribution in [2.45, 2.75) is 6.61 Å². The fourth-order valence-corrected chi connectivity index (χ4v) is 3.52. The van der Waals surface area contributed by atoms with Gasteiger partial charge in [0.05, 0.1) is 25.5 Å². The lowest BCUT2D eigenvalue weighted by Crippen LogP contribution is -2.15. The molecule has 0 N–H and O–H groups in total. The number of hydrogen-bond donors (Lipinski definition) is 0. The Labute approximate surface area is 199 Å². The monoisotopic (exact) mass is 478 g/mol. The maximum absolute atomic E-state index is 14.0. The van der Waals surface area contributed by atoms with Crippen molar-refractivity contribution in [2.24, 2.45) is 0 Å². The lowest BCUT2D eigenvalue weighted by Gasteiger charge is -2.09. The molecule has 0 radical (unpaired) electrons. The van der Waals surface area contributed by atoms with Crippen LogP contribution in [0.4, 0.5) is 8.78 Å². The summed E-state index contributed by atoms with van der Waals surface area (Å²) in [6.07, 6.45) is 0. The van der Waals surface area contributed by atoms with Gasteiger partial charge in [0.2, 0.25) is 0 Å². The summed E-state index contributed by atoms with van der Waals surface area (Å²) in [6, 6.07) is 18.7. The van der Waals surface area contributed by atoms with Crippen molar-refractivity contribution in [3.05, 3.63) is 101 Å². The normalized spacial score (nSPS) is 10.6. The third-order valence-electron chi connectivity index (χ3n) is 5.21. The molecule has 7 nitrogen and oxygen atoms in total. The van der Waals surface area contributed by atoms with Crippen LogP contribution in [0.2, 0.25) is 0 Å². The zero-order chi connectivity index (χ0) is 24.9. The first-order valence-electron chi connectivity index (χ1n) is 10.5. The Balaban J connectivity index is 1.80. The second-order valence-corrected chi connectivity index (χ2v) is 7.32. The van der Waals surface area contributed by atoms with Crippen molar-refractivity contribution in [2.75, 3.05) is 14.2 Å². The molecule has 9 heteroatoms. The summed E-state index contributed by atoms with van der Waals surface area (Å²) in [5.74, 6) is -2.75. The van der Waals surface area contributed by atoms with Gasteiger partial charge in [-0.2, -0.15) is 5.10 Å². The van der Waals surface area contributed by atoms with Crippen LogP contribution in [0.3, 0.4) is 0 Å². The number of esters is 2. The third kappa shape index (κ3) is 4.74. The number of halogens is 2. The number of rotatable bonds is 7. The van der Waals surface area contributed by atoms with E-state index >= 15 is 0 Å². The summed E-state index contributed by atoms with van der Waals surface area (Å²) < 4.78 is 44.7. The Morgan fingerprint density at radius 1 is 0.857 bits per heavy atom. The summed E-state index contributed by atoms with van der Waals surface area (Å²) >= 11 is 0. The first kappa shape index (κ1) is 23.6. The molecule has 3 aromatic carbocycles. The average molecular weight is 478 g/mol. The first-order chi connectivity index (χ1) is 16.9. The van der Waals surface area contributed by atoms with Crippen molar-refractivity contribution in [3.8, 4) is 22.7 Å². The predicted octanol–water partition coefficient (Wildman–Crippen LogP) is 4.97. The molecule has 0 saturated heterocycles. The molecule has 0 spiro atoms. The van der Waals surface area contributed by atoms with Gasteiger partial charge in [-0.1, -0.05) is 36.4 Å². The highest BCUT2D eigenvalue weighted by atomic mass is 19.1. The Morgan fingerprint density at radius 3 is 2.17 bits per heavy atom. The van der Waals surface area contributed by atoms with Crippen LogP contribution < -0.4 is 4.74 Å². The van der Waals surface area contributed by atoms with Crippen molar-refractivity contribution in [3.63, 3.8) is 0 Å². The zero-order valence-electron chi connectivity index (χ0n) is 18.8. The predicted molar refractivity (Wildman–Crippen MR) is 122 cm³/mol. The zero-order valence-corrected chi connectivity index (χ0v) is 18.8. The molecule has 1 heterocycles. The van der Waals surface area contributed by atoms with Gasteiger partial charge in [-0.3, -0.25) is 0 Å². The molecule has 4 aromatic rings. The van der Waals surface area contributed by atoms with Crippen LogP contribution in [-0.4, -0.2) is 35.9 Å². The molecule has 0 bridgehead atoms. The molecular formula is C26H20F2N2O5. The SMILES string of the molecule is COC(=O)c1c(-c2cccc(OCc3c(F)cccc3F)c2)nn(-c2ccccc2)c1C(=O)OC. The van der Waals surface area contributed by atoms with E-state index in [4.69, 9.17) is 14.2 Å². The number of para-hydroxylation sites is 1. The van der Waals surface area contributed by atoms with Gasteiger partial charge in [0, 0.05) is 5.56 Å². The fourth-order valence-electron chi connectivity index (χ4n) is 3.52. The minimum Gasteiger partial charge on any atom is -0.489 e. The number of nitrogens with zero attached hydrogens (tertiary/aromatic N) is 2. The van der Waals surface area contributed by atoms with Crippen molar-refractivity contribution >= 4 is 11.9 Å². The van der Waals surface area contributed by atoms with Crippen molar-refractivity contribution in [1.29, 1.82) is 0 Å². The second kappa shape index (κ2) is 10.2. The Morgan fingerprint density at radius 2 is 1.51 bits per heavy atom. The topological polar surface area (TPSA) is 79.7 Å². The maximum atomic E-state index is 14.0. The van der Waals surface area contributed by atoms with Crippen molar-refractivity contribution < 1.29 is 32.6 Å². The van der Waals surface area contributed by atoms with E-state index in [0.29, 0.717) is 11.3 Å². The molecule has 35 heavy (non-hydrogen) atoms. The van der Waals surface area contributed by atoms with Gasteiger partial charge in [-0.25, -0.2) is 23.1 Å². The van der Waals surface area contributed by atoms with E-state index < -0.39 is 23.6 Å². The number of methoxy groups -OCH3 is 2. The van der Waals surface area contributed by atoms with Gasteiger partial charge in [0.15, 0.2) is 5.69 Å². The van der Waals surface area contributed by atoms with E-state index in [1.807, 2.05) is 0 Å². The van der Waals surface area contributed by atoms with Crippen LogP contribution in [0.1, 0.15) is 26.4 Å². The Bertz CT molecular complexity index is 1370. The molecule has 0 unspecified atom stereocenters. The number of benzene rings is 3. The van der Waals surface area contributed by atoms with E-state index in [2.05, 4.69) is 5.10 Å². The third-order valence-corrected chi connectivity index (χ3v) is 5.21. The molecule has 0 fully saturated rings. The van der Waals surface area contributed by atoms with Crippen LogP contribution in [0.25, 0.3) is 16.9 Å². The molecule has 0 aliphatic carbocycles. The smallest absolute Gasteiger partial charge is 0.357 e. The molecule has 0 amide bonds. The van der Waals surface area contributed by atoms with Crippen LogP contribution in [0.15, 0.2) is 72.8 Å². The molecular weight excluding hydrogens is 458 g/mol. The number of aromatic nitrogens is 2. The summed E-state index contributed by atoms with van der Waals surface area (Å²) in [4.78, 5) is 25.5. The molecule has 0 aliphatic heterocycles. The average Bonchev–Trinajstić information content (AvgIpc) is 3.29. The van der Waals surface area contributed by atoms with Crippen LogP contribution >= 0.6 is 0 Å². The fraction of sp³-hybridized carbons (Fsp3) is 0.115. The molecule has 0 aliphatic rings. The summed E-state index contributed by atoms with van der Waals surface area (Å²) in [7, 11) is 2.39. The lowest BCUT2D eigenvalue weighted by atomic mass is 10.1. The van der Waals surface area contributed by atoms with E-state index in [1.54, 1.807) is 54.6 Å². The van der Waals surface area contributed by atoms with Gasteiger partial charge < -0.3 is 14.2 Å². The standard InChI is InChI=1S/C26H20F2N2O5/c1-33-25(31)22-23(29-30(24(22)26(32)34-2)17-9-4-3-5-10-17)16-8-6-11-18(14-16)35-15-19-20(27)12-7-13-21(19)28/h3-14H,15H2,1-2H3. The Kier molecular flexibility index (Phi) is 6.86. The quantitative estimate of drug-likeness (QED) is 0.349. The number of hydrogen-bond acceptors (Lipinski definition) is 6. The van der Waals surface area contributed by atoms with Gasteiger partial charge in [-0.15, -0.1) is 0 Å². The highest BCUT2D eigenvalue weighted by Crippen LogP contribution is 2.31. The summed E-state index contributed by atoms with van der Waals surface area (Å²) in [5, 5.41) is 4.52. The van der Waals surface area contributed by atoms with Gasteiger partial charge >= 0.3 is 11.9 Å². The first-order valence-corrected chi connectivity index (χ1v) is 10.5. The Hall–Kier alpha value is -4.53. The van der Waals surface area contributed by atoms with E-state index in [1.165, 1.54) is 25.0 Å². The maximum Gasteiger partial charge on any atom is 0.357 e. The van der Waals surface area contributed by atoms with Gasteiger partial charge in [0.1, 0.15) is 35.2 Å². The van der Waals surface area contributed by atoms with E-state index in [-0.39, 0.29) is 34.9 Å². The molecule has 0 saturated carbocycles. The molecule has 178 valence electrons. The number of carbonyl (C=O) groups excluding carboxylic acids is 2. The largest absolute Gasteiger partial charge is 0.489 e. The minimum absolute atomic E-state index is 0.0968. The molecule has 4 rings (SSSR count). The second-order valence-electron chi connectivity index (χ2n) is 7.32. The van der Waals surface area contributed by atoms with Gasteiger partial charge in [-0.05, 0) is 36.4 Å². The van der Waals surface area contributed by atoms with E-state index in [0.717, 1.165) is 12.1 Å². The lowest BCUT2D eigenvalue weighted by molar-refractivity contribution is 0.0549. The molecule has 1 aromatic heterocycles. The van der Waals surface area contributed by atoms with Crippen LogP contribution in [0, 0.1) is 11.6 Å². The summed E-state index contributed by atoms with van der Waals surface area (Å²) in [6.45, 7) is -0.350. The van der Waals surface area contributed by atoms with E-state index in [9.17, 15) is 18.4 Å². The number of ether oxygens (including phenoxy) is 3. The number of carbonyl (C=O) groups is 2. The molecule has 0 atom stereocenters. The summed E-state index contributed by atoms with van der Waals surface area (Å²) in [5.41, 5.74) is 0.655. The van der Waals surface area contributed by atoms with Crippen LogP contribution in [-0.2, 0) is 16.1 Å². The highest BCUT2D eigenvalue weighted by Gasteiger charge is 2.31. The van der Waals surface area contributed by atoms with Crippen molar-refractivity contribution in [1.82, 2.24) is 9.78 Å². The van der Waals surface area contributed by atoms with Crippen LogP contribution in [0.5, 0.6) is 5.75 Å². The van der Waals surface area contributed by atoms with Gasteiger partial charge in [0.25, 0.3) is 0 Å². The minimum atomic E-state index is -0.790.